The molecule has 1 aliphatic rings. The van der Waals surface area contributed by atoms with Crippen LogP contribution in [0.25, 0.3) is 0 Å². The summed E-state index contributed by atoms with van der Waals surface area (Å²) < 4.78 is 12.8. The maximum atomic E-state index is 12.8. The molecule has 1 fully saturated rings. The molecule has 1 saturated carbocycles. The summed E-state index contributed by atoms with van der Waals surface area (Å²) in [6.45, 7) is 0. The summed E-state index contributed by atoms with van der Waals surface area (Å²) in [5.41, 5.74) is 5.63. The van der Waals surface area contributed by atoms with E-state index in [1.165, 1.54) is 12.1 Å². The Morgan fingerprint density at radius 1 is 1.60 bits per heavy atom. The zero-order valence-corrected chi connectivity index (χ0v) is 7.81. The smallest absolute Gasteiger partial charge is 0.295 e. The van der Waals surface area contributed by atoms with E-state index in [2.05, 4.69) is 5.32 Å². The molecule has 0 aromatic heterocycles. The van der Waals surface area contributed by atoms with Gasteiger partial charge in [0.05, 0.1) is 11.0 Å². The molecule has 1 aromatic rings. The summed E-state index contributed by atoms with van der Waals surface area (Å²) in [7, 11) is 0. The van der Waals surface area contributed by atoms with E-state index in [1.807, 2.05) is 0 Å². The van der Waals surface area contributed by atoms with Crippen LogP contribution < -0.4 is 11.1 Å². The second kappa shape index (κ2) is 3.47. The highest BCUT2D eigenvalue weighted by Gasteiger charge is 2.34. The summed E-state index contributed by atoms with van der Waals surface area (Å²) in [5, 5.41) is 13.5. The Morgan fingerprint density at radius 3 is 2.80 bits per heavy atom. The van der Waals surface area contributed by atoms with Gasteiger partial charge in [0, 0.05) is 12.1 Å². The number of halogens is 1. The Morgan fingerprint density at radius 2 is 2.27 bits per heavy atom. The van der Waals surface area contributed by atoms with Crippen LogP contribution in [0.2, 0.25) is 0 Å². The molecule has 0 heterocycles. The van der Waals surface area contributed by atoms with Gasteiger partial charge >= 0.3 is 0 Å². The molecule has 0 aliphatic heterocycles. The minimum Gasteiger partial charge on any atom is -0.375 e. The largest absolute Gasteiger partial charge is 0.375 e. The molecular formula is C9H10FN3O2. The van der Waals surface area contributed by atoms with Crippen LogP contribution in [0.4, 0.5) is 15.8 Å². The lowest BCUT2D eigenvalue weighted by Gasteiger charge is -2.05. The number of benzene rings is 1. The number of nitrogens with two attached hydrogens (primary N) is 1. The van der Waals surface area contributed by atoms with Crippen molar-refractivity contribution in [2.75, 3.05) is 5.32 Å². The summed E-state index contributed by atoms with van der Waals surface area (Å²) >= 11 is 0. The highest BCUT2D eigenvalue weighted by atomic mass is 19.1. The Hall–Kier alpha value is -1.69. The number of hydrogen-bond donors (Lipinski definition) is 2. The monoisotopic (exact) mass is 211 g/mol. The molecule has 2 atom stereocenters. The molecule has 0 radical (unpaired) electrons. The van der Waals surface area contributed by atoms with Gasteiger partial charge in [-0.25, -0.2) is 4.39 Å². The van der Waals surface area contributed by atoms with E-state index in [4.69, 9.17) is 5.73 Å². The predicted molar refractivity (Wildman–Crippen MR) is 53.1 cm³/mol. The average Bonchev–Trinajstić information content (AvgIpc) is 2.85. The van der Waals surface area contributed by atoms with Crippen molar-refractivity contribution in [3.8, 4) is 0 Å². The third kappa shape index (κ3) is 2.04. The predicted octanol–water partition coefficient (Wildman–Crippen LogP) is 1.25. The topological polar surface area (TPSA) is 81.2 Å². The first-order valence-corrected chi connectivity index (χ1v) is 4.54. The first-order chi connectivity index (χ1) is 7.08. The van der Waals surface area contributed by atoms with Crippen LogP contribution in [0, 0.1) is 15.9 Å². The number of anilines is 1. The molecule has 0 saturated heterocycles. The average molecular weight is 211 g/mol. The molecule has 2 unspecified atom stereocenters. The molecule has 2 rings (SSSR count). The normalized spacial score (nSPS) is 23.6. The van der Waals surface area contributed by atoms with E-state index in [9.17, 15) is 14.5 Å². The number of rotatable bonds is 3. The molecule has 0 amide bonds. The Bertz CT molecular complexity index is 410. The molecule has 1 aliphatic carbocycles. The van der Waals surface area contributed by atoms with E-state index < -0.39 is 10.7 Å². The Kier molecular flexibility index (Phi) is 2.28. The molecule has 0 bridgehead atoms. The van der Waals surface area contributed by atoms with Crippen molar-refractivity contribution in [2.24, 2.45) is 5.73 Å². The maximum absolute atomic E-state index is 12.8. The fourth-order valence-electron chi connectivity index (χ4n) is 1.36. The first kappa shape index (κ1) is 9.85. The third-order valence-corrected chi connectivity index (χ3v) is 2.34. The van der Waals surface area contributed by atoms with Crippen LogP contribution in [0.5, 0.6) is 0 Å². The minimum absolute atomic E-state index is 0.0367. The van der Waals surface area contributed by atoms with Gasteiger partial charge in [0.1, 0.15) is 11.5 Å². The van der Waals surface area contributed by atoms with Gasteiger partial charge in [0.25, 0.3) is 5.69 Å². The zero-order valence-electron chi connectivity index (χ0n) is 7.81. The SMILES string of the molecule is NC1CC1Nc1ccc(F)cc1[N+](=O)[O-]. The molecule has 5 nitrogen and oxygen atoms in total. The van der Waals surface area contributed by atoms with Crippen LogP contribution in [0.3, 0.4) is 0 Å². The summed E-state index contributed by atoms with van der Waals surface area (Å²) in [6.07, 6.45) is 0.786. The fourth-order valence-corrected chi connectivity index (χ4v) is 1.36. The lowest BCUT2D eigenvalue weighted by molar-refractivity contribution is -0.384. The second-order valence-corrected chi connectivity index (χ2v) is 3.57. The van der Waals surface area contributed by atoms with Gasteiger partial charge in [-0.3, -0.25) is 10.1 Å². The molecule has 80 valence electrons. The lowest BCUT2D eigenvalue weighted by Crippen LogP contribution is -2.14. The van der Waals surface area contributed by atoms with Crippen molar-refractivity contribution in [3.05, 3.63) is 34.1 Å². The molecule has 0 spiro atoms. The summed E-state index contributed by atoms with van der Waals surface area (Å²) in [4.78, 5) is 10.0. The quantitative estimate of drug-likeness (QED) is 0.582. The number of nitro benzene ring substituents is 1. The first-order valence-electron chi connectivity index (χ1n) is 4.54. The third-order valence-electron chi connectivity index (χ3n) is 2.34. The number of hydrogen-bond acceptors (Lipinski definition) is 4. The fraction of sp³-hybridized carbons (Fsp3) is 0.333. The van der Waals surface area contributed by atoms with Crippen molar-refractivity contribution < 1.29 is 9.31 Å². The van der Waals surface area contributed by atoms with Crippen molar-refractivity contribution in [1.29, 1.82) is 0 Å². The molecule has 1 aromatic carbocycles. The van der Waals surface area contributed by atoms with Crippen LogP contribution in [-0.2, 0) is 0 Å². The van der Waals surface area contributed by atoms with Gasteiger partial charge in [-0.15, -0.1) is 0 Å². The van der Waals surface area contributed by atoms with Gasteiger partial charge in [-0.2, -0.15) is 0 Å². The summed E-state index contributed by atoms with van der Waals surface area (Å²) in [5.74, 6) is -0.618. The van der Waals surface area contributed by atoms with Crippen molar-refractivity contribution >= 4 is 11.4 Å². The van der Waals surface area contributed by atoms with Crippen molar-refractivity contribution in [2.45, 2.75) is 18.5 Å². The Labute approximate surface area is 85.2 Å². The van der Waals surface area contributed by atoms with Crippen molar-refractivity contribution in [1.82, 2.24) is 0 Å². The van der Waals surface area contributed by atoms with Gasteiger partial charge < -0.3 is 11.1 Å². The van der Waals surface area contributed by atoms with Gasteiger partial charge in [0.15, 0.2) is 0 Å². The molecule has 3 N–H and O–H groups in total. The second-order valence-electron chi connectivity index (χ2n) is 3.57. The highest BCUT2D eigenvalue weighted by molar-refractivity contribution is 5.62. The van der Waals surface area contributed by atoms with E-state index in [-0.39, 0.29) is 17.8 Å². The molecule has 15 heavy (non-hydrogen) atoms. The lowest BCUT2D eigenvalue weighted by atomic mass is 10.2. The van der Waals surface area contributed by atoms with Crippen LogP contribution in [-0.4, -0.2) is 17.0 Å². The number of nitrogens with one attached hydrogen (secondary N) is 1. The van der Waals surface area contributed by atoms with E-state index >= 15 is 0 Å². The molecular weight excluding hydrogens is 201 g/mol. The van der Waals surface area contributed by atoms with Crippen LogP contribution in [0.15, 0.2) is 18.2 Å². The van der Waals surface area contributed by atoms with Crippen LogP contribution >= 0.6 is 0 Å². The van der Waals surface area contributed by atoms with Gasteiger partial charge in [-0.1, -0.05) is 0 Å². The standard InChI is InChI=1S/C9H10FN3O2/c10-5-1-2-7(9(3-5)13(14)15)12-8-4-6(8)11/h1-3,6,8,12H,4,11H2. The van der Waals surface area contributed by atoms with Gasteiger partial charge in [0.2, 0.25) is 0 Å². The minimum atomic E-state index is -0.618. The molecule has 6 heteroatoms. The van der Waals surface area contributed by atoms with E-state index in [0.717, 1.165) is 12.5 Å². The Balaban J connectivity index is 2.25. The summed E-state index contributed by atoms with van der Waals surface area (Å²) in [6, 6.07) is 3.54. The van der Waals surface area contributed by atoms with Crippen LogP contribution in [0.1, 0.15) is 6.42 Å². The van der Waals surface area contributed by atoms with E-state index in [0.29, 0.717) is 5.69 Å². The number of nitro groups is 1. The van der Waals surface area contributed by atoms with Gasteiger partial charge in [-0.05, 0) is 18.6 Å². The maximum Gasteiger partial charge on any atom is 0.295 e. The highest BCUT2D eigenvalue weighted by Crippen LogP contribution is 2.30. The van der Waals surface area contributed by atoms with Crippen molar-refractivity contribution in [3.63, 3.8) is 0 Å². The zero-order chi connectivity index (χ0) is 11.0. The van der Waals surface area contributed by atoms with E-state index in [1.54, 1.807) is 0 Å². The number of nitrogens with zero attached hydrogens (tertiary/aromatic N) is 1.